The molecule has 0 aliphatic heterocycles. The second-order valence-electron chi connectivity index (χ2n) is 5.67. The lowest BCUT2D eigenvalue weighted by atomic mass is 10.1. The number of nitrogens with zero attached hydrogens (tertiary/aromatic N) is 1. The van der Waals surface area contributed by atoms with Gasteiger partial charge in [-0.1, -0.05) is 26.0 Å². The van der Waals surface area contributed by atoms with Gasteiger partial charge in [0.1, 0.15) is 5.56 Å². The Kier molecular flexibility index (Phi) is 8.00. The highest BCUT2D eigenvalue weighted by molar-refractivity contribution is 7.97. The maximum Gasteiger partial charge on any atom is 0.339 e. The molecule has 2 aromatic carbocycles. The van der Waals surface area contributed by atoms with Crippen LogP contribution in [0.2, 0.25) is 0 Å². The van der Waals surface area contributed by atoms with Crippen LogP contribution in [0.15, 0.2) is 52.7 Å². The van der Waals surface area contributed by atoms with Crippen molar-refractivity contribution in [2.24, 2.45) is 5.14 Å². The zero-order valence-electron chi connectivity index (χ0n) is 16.3. The van der Waals surface area contributed by atoms with E-state index in [-0.39, 0.29) is 16.8 Å². The summed E-state index contributed by atoms with van der Waals surface area (Å²) in [5.41, 5.74) is 7.81. The molecule has 6 N–H and O–H groups in total. The van der Waals surface area contributed by atoms with Gasteiger partial charge in [0.05, 0.1) is 22.2 Å². The first-order valence-electron chi connectivity index (χ1n) is 8.87. The number of amides is 1. The van der Waals surface area contributed by atoms with E-state index in [9.17, 15) is 14.7 Å². The molecule has 1 amide bonds. The van der Waals surface area contributed by atoms with E-state index in [0.29, 0.717) is 26.6 Å². The number of carboxylic acids is 1. The van der Waals surface area contributed by atoms with Crippen LogP contribution in [0.25, 0.3) is 10.4 Å². The molecule has 9 heteroatoms. The first-order valence-corrected chi connectivity index (χ1v) is 10.6. The average molecular weight is 441 g/mol. The maximum atomic E-state index is 12.5. The number of anilines is 2. The lowest BCUT2D eigenvalue weighted by molar-refractivity contribution is 0.0699. The smallest absolute Gasteiger partial charge is 0.339 e. The van der Waals surface area contributed by atoms with Gasteiger partial charge in [0.15, 0.2) is 0 Å². The van der Waals surface area contributed by atoms with Crippen molar-refractivity contribution >= 4 is 46.5 Å². The molecule has 0 atom stereocenters. The van der Waals surface area contributed by atoms with Gasteiger partial charge in [0.25, 0.3) is 5.91 Å². The molecule has 3 rings (SSSR count). The molecule has 0 radical (unpaired) electrons. The third kappa shape index (κ3) is 4.99. The van der Waals surface area contributed by atoms with Crippen molar-refractivity contribution < 1.29 is 14.7 Å². The number of nitrogen functional groups attached to an aromatic ring is 1. The molecule has 0 unspecified atom stereocenters. The van der Waals surface area contributed by atoms with Crippen LogP contribution >= 0.6 is 23.3 Å². The van der Waals surface area contributed by atoms with Gasteiger partial charge in [-0.25, -0.2) is 4.79 Å². The Bertz CT molecular complexity index is 1100. The van der Waals surface area contributed by atoms with Crippen molar-refractivity contribution in [2.75, 3.05) is 11.1 Å². The van der Waals surface area contributed by atoms with Gasteiger partial charge < -0.3 is 16.2 Å². The van der Waals surface area contributed by atoms with Crippen molar-refractivity contribution in [2.45, 2.75) is 18.7 Å². The number of carbonyl (C=O) groups is 2. The van der Waals surface area contributed by atoms with Crippen molar-refractivity contribution in [1.82, 2.24) is 0 Å². The van der Waals surface area contributed by atoms with E-state index in [4.69, 9.17) is 16.1 Å². The predicted octanol–water partition coefficient (Wildman–Crippen LogP) is 4.81. The first-order chi connectivity index (χ1) is 14.4. The Balaban J connectivity index is 0.00000155. The van der Waals surface area contributed by atoms with Crippen molar-refractivity contribution in [3.63, 3.8) is 0 Å². The lowest BCUT2D eigenvalue weighted by Crippen LogP contribution is -2.14. The number of nitrogens with one attached hydrogen (secondary N) is 1. The summed E-state index contributed by atoms with van der Waals surface area (Å²) in [6.45, 7) is 4.00. The largest absolute Gasteiger partial charge is 0.478 e. The minimum atomic E-state index is -1.16. The van der Waals surface area contributed by atoms with Crippen molar-refractivity contribution in [1.29, 1.82) is 5.26 Å². The molecule has 0 bridgehead atoms. The second-order valence-corrected chi connectivity index (χ2v) is 7.23. The van der Waals surface area contributed by atoms with E-state index in [1.165, 1.54) is 17.4 Å². The minimum absolute atomic E-state index is 0.00911. The topological polar surface area (TPSA) is 142 Å². The van der Waals surface area contributed by atoms with Crippen LogP contribution in [0, 0.1) is 11.3 Å². The zero-order chi connectivity index (χ0) is 22.3. The highest BCUT2D eigenvalue weighted by Gasteiger charge is 2.21. The summed E-state index contributed by atoms with van der Waals surface area (Å²) in [4.78, 5) is 25.5. The number of benzene rings is 2. The molecule has 3 aromatic rings. The molecule has 1 aromatic heterocycles. The summed E-state index contributed by atoms with van der Waals surface area (Å²) in [7, 11) is 0. The first kappa shape index (κ1) is 23.0. The van der Waals surface area contributed by atoms with Gasteiger partial charge in [0.2, 0.25) is 0 Å². The fourth-order valence-electron chi connectivity index (χ4n) is 2.56. The van der Waals surface area contributed by atoms with E-state index in [1.807, 2.05) is 19.9 Å². The summed E-state index contributed by atoms with van der Waals surface area (Å²) < 4.78 is 0. The lowest BCUT2D eigenvalue weighted by Gasteiger charge is -2.08. The minimum Gasteiger partial charge on any atom is -0.478 e. The third-order valence-electron chi connectivity index (χ3n) is 3.93. The highest BCUT2D eigenvalue weighted by atomic mass is 32.2. The standard InChI is InChI=1S/C19H14N4O3S2.C2H6/c20-8-10-1-3-11(4-2-10)17-16(19(25)26)14(9-27-17)23-18(24)12-5-6-15(28-22)13(21)7-12;1-2/h1-7,9H,21-22H2,(H,23,24)(H,25,26);1-2H3. The molecule has 0 aliphatic rings. The molecule has 7 nitrogen and oxygen atoms in total. The van der Waals surface area contributed by atoms with E-state index in [1.54, 1.807) is 41.8 Å². The van der Waals surface area contributed by atoms with Gasteiger partial charge >= 0.3 is 5.97 Å². The van der Waals surface area contributed by atoms with Gasteiger partial charge in [-0.05, 0) is 47.8 Å². The number of hydrogen-bond donors (Lipinski definition) is 4. The molecule has 0 saturated heterocycles. The Labute approximate surface area is 182 Å². The molecule has 0 aliphatic carbocycles. The second kappa shape index (κ2) is 10.5. The Morgan fingerprint density at radius 3 is 2.37 bits per heavy atom. The fourth-order valence-corrected chi connectivity index (χ4v) is 3.90. The Morgan fingerprint density at radius 2 is 1.83 bits per heavy atom. The number of aromatic carboxylic acids is 1. The van der Waals surface area contributed by atoms with Crippen LogP contribution < -0.4 is 16.2 Å². The Morgan fingerprint density at radius 1 is 1.17 bits per heavy atom. The summed E-state index contributed by atoms with van der Waals surface area (Å²) in [5, 5.41) is 28.2. The number of nitrogens with two attached hydrogens (primary N) is 2. The molecule has 0 fully saturated rings. The SMILES string of the molecule is CC.N#Cc1ccc(-c2scc(NC(=O)c3ccc(SN)c(N)c3)c2C(=O)O)cc1. The van der Waals surface area contributed by atoms with Crippen LogP contribution in [0.4, 0.5) is 11.4 Å². The summed E-state index contributed by atoms with van der Waals surface area (Å²) >= 11 is 2.17. The normalized spacial score (nSPS) is 9.80. The molecule has 30 heavy (non-hydrogen) atoms. The average Bonchev–Trinajstić information content (AvgIpc) is 3.18. The fraction of sp³-hybridized carbons (Fsp3) is 0.0952. The van der Waals surface area contributed by atoms with Gasteiger partial charge in [-0.3, -0.25) is 9.93 Å². The number of thiophene rings is 1. The molecule has 0 saturated carbocycles. The quantitative estimate of drug-likeness (QED) is 0.329. The number of carboxylic acid groups (broad SMARTS) is 1. The molecule has 1 heterocycles. The third-order valence-corrected chi connectivity index (χ3v) is 5.58. The highest BCUT2D eigenvalue weighted by Crippen LogP contribution is 2.36. The maximum absolute atomic E-state index is 12.5. The van der Waals surface area contributed by atoms with Gasteiger partial charge in [-0.15, -0.1) is 11.3 Å². The monoisotopic (exact) mass is 440 g/mol. The van der Waals surface area contributed by atoms with E-state index in [0.717, 1.165) is 11.9 Å². The zero-order valence-corrected chi connectivity index (χ0v) is 17.9. The predicted molar refractivity (Wildman–Crippen MR) is 122 cm³/mol. The van der Waals surface area contributed by atoms with E-state index in [2.05, 4.69) is 5.32 Å². The van der Waals surface area contributed by atoms with Crippen LogP contribution in [-0.2, 0) is 0 Å². The molecule has 0 spiro atoms. The van der Waals surface area contributed by atoms with Crippen molar-refractivity contribution in [3.8, 4) is 16.5 Å². The van der Waals surface area contributed by atoms with E-state index >= 15 is 0 Å². The molecule has 154 valence electrons. The molecular weight excluding hydrogens is 420 g/mol. The number of nitriles is 1. The Hall–Kier alpha value is -3.32. The van der Waals surface area contributed by atoms with Crippen molar-refractivity contribution in [3.05, 3.63) is 64.5 Å². The van der Waals surface area contributed by atoms with Gasteiger partial charge in [0, 0.05) is 21.5 Å². The summed E-state index contributed by atoms with van der Waals surface area (Å²) in [6, 6.07) is 13.3. The number of hydrogen-bond acceptors (Lipinski definition) is 7. The van der Waals surface area contributed by atoms with Crippen LogP contribution in [0.3, 0.4) is 0 Å². The number of carbonyl (C=O) groups excluding carboxylic acids is 1. The molecular formula is C21H20N4O3S2. The number of rotatable bonds is 5. The van der Waals surface area contributed by atoms with Crippen LogP contribution in [-0.4, -0.2) is 17.0 Å². The summed E-state index contributed by atoms with van der Waals surface area (Å²) in [6.07, 6.45) is 0. The van der Waals surface area contributed by atoms with Crippen LogP contribution in [0.5, 0.6) is 0 Å². The van der Waals surface area contributed by atoms with E-state index < -0.39 is 11.9 Å². The van der Waals surface area contributed by atoms with Crippen LogP contribution in [0.1, 0.15) is 40.1 Å². The van der Waals surface area contributed by atoms with Gasteiger partial charge in [-0.2, -0.15) is 5.26 Å². The summed E-state index contributed by atoms with van der Waals surface area (Å²) in [5.74, 6) is -1.64.